The Morgan fingerprint density at radius 1 is 1.37 bits per heavy atom. The monoisotopic (exact) mass is 259 g/mol. The van der Waals surface area contributed by atoms with Crippen LogP contribution in [0.3, 0.4) is 0 Å². The van der Waals surface area contributed by atoms with Crippen LogP contribution in [0.5, 0.6) is 0 Å². The SMILES string of the molecule is Cc1ccc(CC(=O)O)c(C=NC2CCCCC2)c1. The molecule has 1 N–H and O–H groups in total. The predicted molar refractivity (Wildman–Crippen MR) is 77.0 cm³/mol. The van der Waals surface area contributed by atoms with E-state index in [0.717, 1.165) is 29.5 Å². The normalized spacial score (nSPS) is 16.9. The molecule has 0 aliphatic heterocycles. The van der Waals surface area contributed by atoms with Crippen LogP contribution in [-0.4, -0.2) is 23.3 Å². The fourth-order valence-corrected chi connectivity index (χ4v) is 2.57. The number of benzene rings is 1. The molecule has 0 amide bonds. The number of carboxylic acids is 1. The number of hydrogen-bond acceptors (Lipinski definition) is 2. The highest BCUT2D eigenvalue weighted by Crippen LogP contribution is 2.20. The molecular formula is C16H21NO2. The summed E-state index contributed by atoms with van der Waals surface area (Å²) in [6, 6.07) is 6.29. The average molecular weight is 259 g/mol. The molecule has 1 aromatic carbocycles. The van der Waals surface area contributed by atoms with Gasteiger partial charge >= 0.3 is 5.97 Å². The first-order valence-corrected chi connectivity index (χ1v) is 6.99. The van der Waals surface area contributed by atoms with Crippen LogP contribution >= 0.6 is 0 Å². The minimum atomic E-state index is -0.795. The second-order valence-electron chi connectivity index (χ2n) is 5.34. The minimum absolute atomic E-state index is 0.0618. The zero-order chi connectivity index (χ0) is 13.7. The first-order chi connectivity index (χ1) is 9.15. The zero-order valence-electron chi connectivity index (χ0n) is 11.4. The highest BCUT2D eigenvalue weighted by atomic mass is 16.4. The number of hydrogen-bond donors (Lipinski definition) is 1. The second-order valence-corrected chi connectivity index (χ2v) is 5.34. The number of rotatable bonds is 4. The Labute approximate surface area is 114 Å². The fourth-order valence-electron chi connectivity index (χ4n) is 2.57. The Morgan fingerprint density at radius 3 is 2.79 bits per heavy atom. The smallest absolute Gasteiger partial charge is 0.307 e. The van der Waals surface area contributed by atoms with Gasteiger partial charge in [-0.3, -0.25) is 9.79 Å². The Kier molecular flexibility index (Phi) is 4.72. The quantitative estimate of drug-likeness (QED) is 0.843. The van der Waals surface area contributed by atoms with E-state index in [9.17, 15) is 4.79 Å². The van der Waals surface area contributed by atoms with Crippen LogP contribution in [0.15, 0.2) is 23.2 Å². The molecule has 1 saturated carbocycles. The van der Waals surface area contributed by atoms with Crippen molar-refractivity contribution in [2.75, 3.05) is 0 Å². The molecule has 1 aliphatic carbocycles. The van der Waals surface area contributed by atoms with E-state index in [0.29, 0.717) is 6.04 Å². The summed E-state index contributed by atoms with van der Waals surface area (Å²) in [5, 5.41) is 8.93. The Hall–Kier alpha value is -1.64. The molecule has 0 radical (unpaired) electrons. The zero-order valence-corrected chi connectivity index (χ0v) is 11.4. The van der Waals surface area contributed by atoms with Gasteiger partial charge in [-0.25, -0.2) is 0 Å². The maximum Gasteiger partial charge on any atom is 0.307 e. The molecule has 3 heteroatoms. The van der Waals surface area contributed by atoms with Crippen molar-refractivity contribution in [3.63, 3.8) is 0 Å². The number of carboxylic acid groups (broad SMARTS) is 1. The van der Waals surface area contributed by atoms with Crippen molar-refractivity contribution in [1.29, 1.82) is 0 Å². The first-order valence-electron chi connectivity index (χ1n) is 6.99. The van der Waals surface area contributed by atoms with Crippen LogP contribution in [0, 0.1) is 6.92 Å². The van der Waals surface area contributed by atoms with Gasteiger partial charge in [0.05, 0.1) is 6.42 Å². The van der Waals surface area contributed by atoms with Crippen molar-refractivity contribution >= 4 is 12.2 Å². The minimum Gasteiger partial charge on any atom is -0.481 e. The van der Waals surface area contributed by atoms with Gasteiger partial charge in [0.25, 0.3) is 0 Å². The lowest BCUT2D eigenvalue weighted by Gasteiger charge is -2.17. The molecule has 2 rings (SSSR count). The van der Waals surface area contributed by atoms with Gasteiger partial charge in [-0.1, -0.05) is 43.0 Å². The van der Waals surface area contributed by atoms with Gasteiger partial charge in [-0.05, 0) is 30.9 Å². The molecular weight excluding hydrogens is 238 g/mol. The van der Waals surface area contributed by atoms with Gasteiger partial charge in [-0.2, -0.15) is 0 Å². The Balaban J connectivity index is 2.14. The van der Waals surface area contributed by atoms with Gasteiger partial charge in [0.2, 0.25) is 0 Å². The van der Waals surface area contributed by atoms with E-state index < -0.39 is 5.97 Å². The average Bonchev–Trinajstić information content (AvgIpc) is 2.40. The largest absolute Gasteiger partial charge is 0.481 e. The van der Waals surface area contributed by atoms with Crippen molar-refractivity contribution in [2.45, 2.75) is 51.5 Å². The number of aliphatic imine (C=N–C) groups is 1. The molecule has 1 fully saturated rings. The van der Waals surface area contributed by atoms with Crippen molar-refractivity contribution in [2.24, 2.45) is 4.99 Å². The molecule has 19 heavy (non-hydrogen) atoms. The lowest BCUT2D eigenvalue weighted by atomic mass is 9.96. The highest BCUT2D eigenvalue weighted by molar-refractivity contribution is 5.84. The van der Waals surface area contributed by atoms with Crippen molar-refractivity contribution in [1.82, 2.24) is 0 Å². The molecule has 0 atom stereocenters. The lowest BCUT2D eigenvalue weighted by Crippen LogP contribution is -2.10. The number of aliphatic carboxylic acids is 1. The van der Waals surface area contributed by atoms with E-state index in [4.69, 9.17) is 5.11 Å². The summed E-state index contributed by atoms with van der Waals surface area (Å²) in [5.41, 5.74) is 2.94. The number of nitrogens with zero attached hydrogens (tertiary/aromatic N) is 1. The van der Waals surface area contributed by atoms with E-state index in [1.807, 2.05) is 31.3 Å². The maximum atomic E-state index is 10.9. The van der Waals surface area contributed by atoms with Crippen LogP contribution in [0.25, 0.3) is 0 Å². The molecule has 102 valence electrons. The maximum absolute atomic E-state index is 10.9. The van der Waals surface area contributed by atoms with Crippen molar-refractivity contribution in [3.8, 4) is 0 Å². The van der Waals surface area contributed by atoms with E-state index >= 15 is 0 Å². The molecule has 3 nitrogen and oxygen atoms in total. The van der Waals surface area contributed by atoms with Gasteiger partial charge in [0.1, 0.15) is 0 Å². The van der Waals surface area contributed by atoms with Crippen LogP contribution < -0.4 is 0 Å². The van der Waals surface area contributed by atoms with E-state index in [2.05, 4.69) is 4.99 Å². The summed E-state index contributed by atoms with van der Waals surface area (Å²) in [7, 11) is 0. The molecule has 0 unspecified atom stereocenters. The molecule has 0 saturated heterocycles. The molecule has 0 spiro atoms. The fraction of sp³-hybridized carbons (Fsp3) is 0.500. The Morgan fingerprint density at radius 2 is 2.11 bits per heavy atom. The van der Waals surface area contributed by atoms with Crippen LogP contribution in [0.2, 0.25) is 0 Å². The lowest BCUT2D eigenvalue weighted by molar-refractivity contribution is -0.136. The molecule has 1 aliphatic rings. The summed E-state index contributed by atoms with van der Waals surface area (Å²) < 4.78 is 0. The summed E-state index contributed by atoms with van der Waals surface area (Å²) in [6.07, 6.45) is 8.11. The van der Waals surface area contributed by atoms with Gasteiger partial charge in [0.15, 0.2) is 0 Å². The molecule has 0 heterocycles. The third-order valence-electron chi connectivity index (χ3n) is 3.64. The summed E-state index contributed by atoms with van der Waals surface area (Å²) >= 11 is 0. The summed E-state index contributed by atoms with van der Waals surface area (Å²) in [5.74, 6) is -0.795. The van der Waals surface area contributed by atoms with E-state index in [1.165, 1.54) is 19.3 Å². The van der Waals surface area contributed by atoms with Gasteiger partial charge in [0, 0.05) is 12.3 Å². The molecule has 1 aromatic rings. The van der Waals surface area contributed by atoms with Crippen molar-refractivity contribution < 1.29 is 9.90 Å². The van der Waals surface area contributed by atoms with E-state index in [-0.39, 0.29) is 6.42 Å². The van der Waals surface area contributed by atoms with Crippen LogP contribution in [-0.2, 0) is 11.2 Å². The standard InChI is InChI=1S/C16H21NO2/c1-12-7-8-13(10-16(18)19)14(9-12)11-17-15-5-3-2-4-6-15/h7-9,11,15H,2-6,10H2,1H3,(H,18,19). The topological polar surface area (TPSA) is 49.7 Å². The molecule has 0 aromatic heterocycles. The number of carbonyl (C=O) groups is 1. The third kappa shape index (κ3) is 4.19. The van der Waals surface area contributed by atoms with Crippen molar-refractivity contribution in [3.05, 3.63) is 34.9 Å². The molecule has 0 bridgehead atoms. The first kappa shape index (κ1) is 13.8. The second kappa shape index (κ2) is 6.50. The number of aryl methyl sites for hydroxylation is 1. The third-order valence-corrected chi connectivity index (χ3v) is 3.64. The van der Waals surface area contributed by atoms with Gasteiger partial charge in [-0.15, -0.1) is 0 Å². The summed E-state index contributed by atoms with van der Waals surface area (Å²) in [6.45, 7) is 2.02. The summed E-state index contributed by atoms with van der Waals surface area (Å²) in [4.78, 5) is 15.5. The van der Waals surface area contributed by atoms with Crippen LogP contribution in [0.1, 0.15) is 48.8 Å². The Bertz CT molecular complexity index is 474. The highest BCUT2D eigenvalue weighted by Gasteiger charge is 2.11. The predicted octanol–water partition coefficient (Wildman–Crippen LogP) is 3.37. The van der Waals surface area contributed by atoms with E-state index in [1.54, 1.807) is 0 Å². The van der Waals surface area contributed by atoms with Gasteiger partial charge < -0.3 is 5.11 Å². The van der Waals surface area contributed by atoms with Crippen LogP contribution in [0.4, 0.5) is 0 Å².